The van der Waals surface area contributed by atoms with E-state index in [1.54, 1.807) is 0 Å². The van der Waals surface area contributed by atoms with Gasteiger partial charge in [0, 0.05) is 11.5 Å². The Morgan fingerprint density at radius 3 is 2.43 bits per heavy atom. The van der Waals surface area contributed by atoms with E-state index in [1.807, 2.05) is 7.05 Å². The first-order valence-corrected chi connectivity index (χ1v) is 5.62. The van der Waals surface area contributed by atoms with Crippen LogP contribution < -0.4 is 10.6 Å². The predicted octanol–water partition coefficient (Wildman–Crippen LogP) is 1.00. The zero-order valence-corrected chi connectivity index (χ0v) is 9.73. The Hall–Kier alpha value is -0.120. The van der Waals surface area contributed by atoms with Crippen LogP contribution in [0.2, 0.25) is 0 Å². The molecule has 0 aromatic carbocycles. The van der Waals surface area contributed by atoms with Gasteiger partial charge in [-0.05, 0) is 33.5 Å². The zero-order valence-electron chi connectivity index (χ0n) is 9.73. The maximum atomic E-state index is 5.30. The van der Waals surface area contributed by atoms with E-state index in [0.717, 1.165) is 19.8 Å². The lowest BCUT2D eigenvalue weighted by Crippen LogP contribution is -2.54. The molecule has 0 aromatic rings. The Bertz CT molecular complexity index is 157. The molecule has 0 saturated carbocycles. The Kier molecular flexibility index (Phi) is 4.85. The minimum atomic E-state index is 0.383. The van der Waals surface area contributed by atoms with Crippen molar-refractivity contribution in [3.05, 3.63) is 0 Å². The van der Waals surface area contributed by atoms with Crippen LogP contribution in [0.15, 0.2) is 0 Å². The first-order chi connectivity index (χ1) is 6.73. The maximum absolute atomic E-state index is 5.30. The van der Waals surface area contributed by atoms with Gasteiger partial charge in [-0.25, -0.2) is 0 Å². The van der Waals surface area contributed by atoms with Gasteiger partial charge in [-0.15, -0.1) is 0 Å². The summed E-state index contributed by atoms with van der Waals surface area (Å²) in [4.78, 5) is 0. The fraction of sp³-hybridized carbons (Fsp3) is 1.00. The third-order valence-electron chi connectivity index (χ3n) is 3.22. The van der Waals surface area contributed by atoms with Gasteiger partial charge < -0.3 is 15.4 Å². The van der Waals surface area contributed by atoms with Gasteiger partial charge in [0.05, 0.1) is 13.2 Å². The number of unbranched alkanes of at least 4 members (excludes halogenated alkanes) is 1. The van der Waals surface area contributed by atoms with Gasteiger partial charge in [-0.1, -0.05) is 13.3 Å². The molecule has 1 aliphatic heterocycles. The quantitative estimate of drug-likeness (QED) is 0.602. The molecule has 0 radical (unpaired) electrons. The summed E-state index contributed by atoms with van der Waals surface area (Å²) < 4.78 is 5.30. The van der Waals surface area contributed by atoms with Gasteiger partial charge in [0.25, 0.3) is 0 Å². The highest BCUT2D eigenvalue weighted by atomic mass is 16.5. The van der Waals surface area contributed by atoms with E-state index in [2.05, 4.69) is 24.6 Å². The van der Waals surface area contributed by atoms with Crippen molar-refractivity contribution in [2.75, 3.05) is 33.9 Å². The molecule has 0 amide bonds. The van der Waals surface area contributed by atoms with E-state index in [-0.39, 0.29) is 0 Å². The minimum Gasteiger partial charge on any atom is -0.380 e. The number of ether oxygens (including phenoxy) is 1. The van der Waals surface area contributed by atoms with Crippen molar-refractivity contribution in [2.24, 2.45) is 5.41 Å². The molecule has 14 heavy (non-hydrogen) atoms. The highest BCUT2D eigenvalue weighted by Gasteiger charge is 2.39. The number of hydrogen-bond donors (Lipinski definition) is 2. The standard InChI is InChI=1S/C11H24N2O/c1-11(8-14-9-11)10(13-3)6-4-5-7-12-2/h10,12-13H,4-9H2,1-3H3. The Balaban J connectivity index is 2.18. The van der Waals surface area contributed by atoms with Crippen molar-refractivity contribution >= 4 is 0 Å². The summed E-state index contributed by atoms with van der Waals surface area (Å²) >= 11 is 0. The van der Waals surface area contributed by atoms with Gasteiger partial charge in [0.1, 0.15) is 0 Å². The molecular formula is C11H24N2O. The minimum absolute atomic E-state index is 0.383. The summed E-state index contributed by atoms with van der Waals surface area (Å²) in [5.74, 6) is 0. The normalized spacial score (nSPS) is 21.6. The molecular weight excluding hydrogens is 176 g/mol. The number of rotatable bonds is 7. The SMILES string of the molecule is CNCCCCC(NC)C1(C)COC1. The summed E-state index contributed by atoms with van der Waals surface area (Å²) in [6, 6.07) is 0.619. The van der Waals surface area contributed by atoms with E-state index >= 15 is 0 Å². The van der Waals surface area contributed by atoms with Crippen molar-refractivity contribution in [2.45, 2.75) is 32.2 Å². The second kappa shape index (κ2) is 5.69. The van der Waals surface area contributed by atoms with Gasteiger partial charge in [0.2, 0.25) is 0 Å². The summed E-state index contributed by atoms with van der Waals surface area (Å²) in [5, 5.41) is 6.60. The van der Waals surface area contributed by atoms with E-state index in [9.17, 15) is 0 Å². The van der Waals surface area contributed by atoms with Gasteiger partial charge >= 0.3 is 0 Å². The summed E-state index contributed by atoms with van der Waals surface area (Å²) in [7, 11) is 4.07. The van der Waals surface area contributed by atoms with Crippen molar-refractivity contribution in [3.8, 4) is 0 Å². The lowest BCUT2D eigenvalue weighted by atomic mass is 9.78. The van der Waals surface area contributed by atoms with Gasteiger partial charge in [-0.3, -0.25) is 0 Å². The monoisotopic (exact) mass is 200 g/mol. The zero-order chi connectivity index (χ0) is 10.4. The van der Waals surface area contributed by atoms with E-state index < -0.39 is 0 Å². The second-order valence-corrected chi connectivity index (χ2v) is 4.59. The topological polar surface area (TPSA) is 33.3 Å². The number of nitrogens with one attached hydrogen (secondary N) is 2. The van der Waals surface area contributed by atoms with Crippen LogP contribution in [-0.4, -0.2) is 39.9 Å². The molecule has 3 heteroatoms. The van der Waals surface area contributed by atoms with Crippen LogP contribution in [0.3, 0.4) is 0 Å². The first-order valence-electron chi connectivity index (χ1n) is 5.62. The molecule has 0 aromatic heterocycles. The molecule has 1 rings (SSSR count). The molecule has 1 fully saturated rings. The molecule has 1 atom stereocenters. The molecule has 3 nitrogen and oxygen atoms in total. The van der Waals surface area contributed by atoms with Crippen molar-refractivity contribution in [3.63, 3.8) is 0 Å². The highest BCUT2D eigenvalue weighted by Crippen LogP contribution is 2.32. The lowest BCUT2D eigenvalue weighted by molar-refractivity contribution is -0.121. The van der Waals surface area contributed by atoms with Crippen LogP contribution in [-0.2, 0) is 4.74 Å². The molecule has 1 saturated heterocycles. The first kappa shape index (κ1) is 12.0. The smallest absolute Gasteiger partial charge is 0.0557 e. The maximum Gasteiger partial charge on any atom is 0.0557 e. The highest BCUT2D eigenvalue weighted by molar-refractivity contribution is 4.91. The largest absolute Gasteiger partial charge is 0.380 e. The summed E-state index contributed by atoms with van der Waals surface area (Å²) in [6.07, 6.45) is 3.82. The molecule has 1 aliphatic rings. The molecule has 1 heterocycles. The Morgan fingerprint density at radius 1 is 1.29 bits per heavy atom. The van der Waals surface area contributed by atoms with Crippen molar-refractivity contribution < 1.29 is 4.74 Å². The van der Waals surface area contributed by atoms with Gasteiger partial charge in [-0.2, -0.15) is 0 Å². The third-order valence-corrected chi connectivity index (χ3v) is 3.22. The predicted molar refractivity (Wildman–Crippen MR) is 59.6 cm³/mol. The summed E-state index contributed by atoms with van der Waals surface area (Å²) in [5.41, 5.74) is 0.383. The fourth-order valence-corrected chi connectivity index (χ4v) is 2.12. The van der Waals surface area contributed by atoms with E-state index in [4.69, 9.17) is 4.74 Å². The molecule has 0 bridgehead atoms. The van der Waals surface area contributed by atoms with E-state index in [1.165, 1.54) is 19.3 Å². The molecule has 0 spiro atoms. The van der Waals surface area contributed by atoms with Crippen LogP contribution in [0.5, 0.6) is 0 Å². The van der Waals surface area contributed by atoms with E-state index in [0.29, 0.717) is 11.5 Å². The summed E-state index contributed by atoms with van der Waals surface area (Å²) in [6.45, 7) is 5.29. The van der Waals surface area contributed by atoms with Gasteiger partial charge in [0.15, 0.2) is 0 Å². The van der Waals surface area contributed by atoms with Crippen LogP contribution in [0.25, 0.3) is 0 Å². The molecule has 0 aliphatic carbocycles. The molecule has 84 valence electrons. The third kappa shape index (κ3) is 2.94. The second-order valence-electron chi connectivity index (χ2n) is 4.59. The molecule has 1 unspecified atom stereocenters. The van der Waals surface area contributed by atoms with Crippen LogP contribution in [0, 0.1) is 5.41 Å². The van der Waals surface area contributed by atoms with Crippen molar-refractivity contribution in [1.29, 1.82) is 0 Å². The average Bonchev–Trinajstić information content (AvgIpc) is 2.15. The number of hydrogen-bond acceptors (Lipinski definition) is 3. The van der Waals surface area contributed by atoms with Crippen LogP contribution in [0.1, 0.15) is 26.2 Å². The van der Waals surface area contributed by atoms with Crippen LogP contribution >= 0.6 is 0 Å². The Labute approximate surface area is 87.6 Å². The lowest BCUT2D eigenvalue weighted by Gasteiger charge is -2.44. The average molecular weight is 200 g/mol. The fourth-order valence-electron chi connectivity index (χ4n) is 2.12. The van der Waals surface area contributed by atoms with Crippen molar-refractivity contribution in [1.82, 2.24) is 10.6 Å². The van der Waals surface area contributed by atoms with Crippen LogP contribution in [0.4, 0.5) is 0 Å². The Morgan fingerprint density at radius 2 is 2.00 bits per heavy atom. The molecule has 2 N–H and O–H groups in total.